The fourth-order valence-electron chi connectivity index (χ4n) is 2.26. The van der Waals surface area contributed by atoms with E-state index in [0.717, 1.165) is 38.9 Å². The first kappa shape index (κ1) is 11.8. The van der Waals surface area contributed by atoms with E-state index in [-0.39, 0.29) is 5.92 Å². The van der Waals surface area contributed by atoms with Crippen LogP contribution in [-0.2, 0) is 11.2 Å². The van der Waals surface area contributed by atoms with Crippen LogP contribution in [0.25, 0.3) is 0 Å². The zero-order valence-electron chi connectivity index (χ0n) is 9.82. The Bertz CT molecular complexity index is 334. The molecule has 0 amide bonds. The Morgan fingerprint density at radius 1 is 1.56 bits per heavy atom. The minimum Gasteiger partial charge on any atom is -0.302 e. The maximum atomic E-state index is 11.6. The van der Waals surface area contributed by atoms with Crippen LogP contribution >= 0.6 is 11.3 Å². The lowest BCUT2D eigenvalue weighted by atomic mass is 9.94. The van der Waals surface area contributed by atoms with Crippen LogP contribution in [0.4, 0.5) is 0 Å². The van der Waals surface area contributed by atoms with E-state index in [2.05, 4.69) is 28.7 Å². The van der Waals surface area contributed by atoms with Crippen molar-refractivity contribution in [2.75, 3.05) is 19.6 Å². The maximum Gasteiger partial charge on any atom is 0.138 e. The number of ketones is 1. The van der Waals surface area contributed by atoms with Crippen LogP contribution in [0.2, 0.25) is 0 Å². The molecule has 0 saturated carbocycles. The highest BCUT2D eigenvalue weighted by Gasteiger charge is 2.25. The number of hydrogen-bond acceptors (Lipinski definition) is 3. The van der Waals surface area contributed by atoms with Crippen LogP contribution in [0.1, 0.15) is 25.3 Å². The number of rotatable bonds is 4. The molecule has 1 aliphatic heterocycles. The topological polar surface area (TPSA) is 20.3 Å². The fourth-order valence-corrected chi connectivity index (χ4v) is 2.96. The number of thiophene rings is 1. The summed E-state index contributed by atoms with van der Waals surface area (Å²) in [7, 11) is 0. The highest BCUT2D eigenvalue weighted by molar-refractivity contribution is 7.07. The van der Waals surface area contributed by atoms with E-state index in [4.69, 9.17) is 0 Å². The van der Waals surface area contributed by atoms with Gasteiger partial charge in [0.15, 0.2) is 0 Å². The average Bonchev–Trinajstić information content (AvgIpc) is 2.81. The first-order valence-electron chi connectivity index (χ1n) is 6.05. The normalized spacial score (nSPS) is 22.6. The summed E-state index contributed by atoms with van der Waals surface area (Å²) in [6.07, 6.45) is 2.87. The number of piperidine rings is 1. The van der Waals surface area contributed by atoms with Gasteiger partial charge in [-0.1, -0.05) is 6.92 Å². The zero-order chi connectivity index (χ0) is 11.4. The molecule has 0 N–H and O–H groups in total. The highest BCUT2D eigenvalue weighted by Crippen LogP contribution is 2.16. The van der Waals surface area contributed by atoms with Crippen LogP contribution < -0.4 is 0 Å². The summed E-state index contributed by atoms with van der Waals surface area (Å²) in [5, 5.41) is 4.34. The van der Waals surface area contributed by atoms with Crippen molar-refractivity contribution in [3.8, 4) is 0 Å². The van der Waals surface area contributed by atoms with Gasteiger partial charge in [-0.15, -0.1) is 0 Å². The van der Waals surface area contributed by atoms with Crippen molar-refractivity contribution in [3.63, 3.8) is 0 Å². The summed E-state index contributed by atoms with van der Waals surface area (Å²) in [6, 6.07) is 2.19. The molecule has 0 aromatic carbocycles. The van der Waals surface area contributed by atoms with Gasteiger partial charge in [-0.2, -0.15) is 11.3 Å². The van der Waals surface area contributed by atoms with Gasteiger partial charge in [0.2, 0.25) is 0 Å². The molecule has 3 heteroatoms. The molecule has 0 bridgehead atoms. The highest BCUT2D eigenvalue weighted by atomic mass is 32.1. The van der Waals surface area contributed by atoms with Crippen LogP contribution in [0.3, 0.4) is 0 Å². The molecule has 0 aliphatic carbocycles. The predicted molar refractivity (Wildman–Crippen MR) is 67.9 cm³/mol. The largest absolute Gasteiger partial charge is 0.302 e. The van der Waals surface area contributed by atoms with Crippen LogP contribution in [-0.4, -0.2) is 30.3 Å². The first-order valence-corrected chi connectivity index (χ1v) is 7.00. The monoisotopic (exact) mass is 237 g/mol. The minimum absolute atomic E-state index is 0.288. The molecule has 2 rings (SSSR count). The van der Waals surface area contributed by atoms with E-state index >= 15 is 0 Å². The van der Waals surface area contributed by atoms with Gasteiger partial charge in [0.1, 0.15) is 5.78 Å². The number of hydrogen-bond donors (Lipinski definition) is 0. The van der Waals surface area contributed by atoms with Gasteiger partial charge >= 0.3 is 0 Å². The number of carbonyl (C=O) groups is 1. The molecule has 1 unspecified atom stereocenters. The molecular formula is C13H19NOS. The standard InChI is InChI=1S/C13H19NOS/c1-2-12-9-14(7-4-13(12)15)6-3-11-5-8-16-10-11/h5,8,10,12H,2-4,6-7,9H2,1H3. The van der Waals surface area contributed by atoms with Crippen molar-refractivity contribution in [1.82, 2.24) is 4.90 Å². The lowest BCUT2D eigenvalue weighted by Gasteiger charge is -2.31. The second kappa shape index (κ2) is 5.60. The Morgan fingerprint density at radius 3 is 3.12 bits per heavy atom. The van der Waals surface area contributed by atoms with Crippen molar-refractivity contribution in [3.05, 3.63) is 22.4 Å². The van der Waals surface area contributed by atoms with Gasteiger partial charge in [0.05, 0.1) is 0 Å². The molecule has 2 heterocycles. The van der Waals surface area contributed by atoms with Crippen molar-refractivity contribution >= 4 is 17.1 Å². The Balaban J connectivity index is 1.80. The van der Waals surface area contributed by atoms with Crippen LogP contribution in [0.15, 0.2) is 16.8 Å². The molecule has 88 valence electrons. The van der Waals surface area contributed by atoms with E-state index < -0.39 is 0 Å². The van der Waals surface area contributed by atoms with Gasteiger partial charge in [0.25, 0.3) is 0 Å². The third kappa shape index (κ3) is 2.92. The zero-order valence-corrected chi connectivity index (χ0v) is 10.6. The Kier molecular flexibility index (Phi) is 4.13. The van der Waals surface area contributed by atoms with E-state index in [1.807, 2.05) is 0 Å². The van der Waals surface area contributed by atoms with Gasteiger partial charge in [0, 0.05) is 32.0 Å². The maximum absolute atomic E-state index is 11.6. The summed E-state index contributed by atoms with van der Waals surface area (Å²) >= 11 is 1.76. The quantitative estimate of drug-likeness (QED) is 0.802. The number of nitrogens with zero attached hydrogens (tertiary/aromatic N) is 1. The molecule has 1 atom stereocenters. The first-order chi connectivity index (χ1) is 7.79. The Labute approximate surface area is 101 Å². The predicted octanol–water partition coefficient (Wildman–Crippen LogP) is 2.59. The van der Waals surface area contributed by atoms with E-state index in [1.54, 1.807) is 11.3 Å². The lowest BCUT2D eigenvalue weighted by Crippen LogP contribution is -2.41. The van der Waals surface area contributed by atoms with Crippen molar-refractivity contribution in [2.45, 2.75) is 26.2 Å². The molecule has 1 aromatic rings. The second-order valence-corrected chi connectivity index (χ2v) is 5.28. The summed E-state index contributed by atoms with van der Waals surface area (Å²) in [4.78, 5) is 14.0. The van der Waals surface area contributed by atoms with Gasteiger partial charge < -0.3 is 4.90 Å². The number of carbonyl (C=O) groups excluding carboxylic acids is 1. The second-order valence-electron chi connectivity index (χ2n) is 4.50. The summed E-state index contributed by atoms with van der Waals surface area (Å²) in [6.45, 7) is 5.14. The molecular weight excluding hydrogens is 218 g/mol. The van der Waals surface area contributed by atoms with E-state index in [9.17, 15) is 4.79 Å². The molecule has 2 nitrogen and oxygen atoms in total. The Morgan fingerprint density at radius 2 is 2.44 bits per heavy atom. The summed E-state index contributed by atoms with van der Waals surface area (Å²) < 4.78 is 0. The third-order valence-corrected chi connectivity index (χ3v) is 4.13. The van der Waals surface area contributed by atoms with E-state index in [0.29, 0.717) is 5.78 Å². The van der Waals surface area contributed by atoms with Crippen LogP contribution in [0, 0.1) is 5.92 Å². The summed E-state index contributed by atoms with van der Waals surface area (Å²) in [5.41, 5.74) is 1.43. The van der Waals surface area contributed by atoms with Crippen molar-refractivity contribution in [1.29, 1.82) is 0 Å². The fraction of sp³-hybridized carbons (Fsp3) is 0.615. The Hall–Kier alpha value is -0.670. The molecule has 1 aromatic heterocycles. The van der Waals surface area contributed by atoms with Crippen LogP contribution in [0.5, 0.6) is 0 Å². The summed E-state index contributed by atoms with van der Waals surface area (Å²) in [5.74, 6) is 0.755. The number of Topliss-reactive ketones (excluding diaryl/α,β-unsaturated/α-hetero) is 1. The van der Waals surface area contributed by atoms with Crippen molar-refractivity contribution in [2.24, 2.45) is 5.92 Å². The van der Waals surface area contributed by atoms with Gasteiger partial charge in [-0.25, -0.2) is 0 Å². The smallest absolute Gasteiger partial charge is 0.138 e. The van der Waals surface area contributed by atoms with E-state index in [1.165, 1.54) is 5.56 Å². The SMILES string of the molecule is CCC1CN(CCc2ccsc2)CCC1=O. The molecule has 0 spiro atoms. The average molecular weight is 237 g/mol. The molecule has 1 aliphatic rings. The van der Waals surface area contributed by atoms with Crippen molar-refractivity contribution < 1.29 is 4.79 Å². The van der Waals surface area contributed by atoms with Gasteiger partial charge in [-0.3, -0.25) is 4.79 Å². The molecule has 1 fully saturated rings. The lowest BCUT2D eigenvalue weighted by molar-refractivity contribution is -0.126. The molecule has 16 heavy (non-hydrogen) atoms. The third-order valence-electron chi connectivity index (χ3n) is 3.40. The number of likely N-dealkylation sites (tertiary alicyclic amines) is 1. The molecule has 1 saturated heterocycles. The molecule has 0 radical (unpaired) electrons. The minimum atomic E-state index is 0.288. The van der Waals surface area contributed by atoms with Gasteiger partial charge in [-0.05, 0) is 35.2 Å².